The number of carbonyl (C=O) groups is 1. The van der Waals surface area contributed by atoms with Crippen LogP contribution < -0.4 is 11.0 Å². The molecule has 0 radical (unpaired) electrons. The molecular weight excluding hydrogens is 286 g/mol. The molecule has 0 atom stereocenters. The number of rotatable bonds is 4. The van der Waals surface area contributed by atoms with Gasteiger partial charge in [0.05, 0.1) is 10.2 Å². The second-order valence-electron chi connectivity index (χ2n) is 3.81. The fourth-order valence-electron chi connectivity index (χ4n) is 1.56. The molecule has 0 unspecified atom stereocenters. The maximum atomic E-state index is 11.7. The third-order valence-electron chi connectivity index (χ3n) is 2.60. The summed E-state index contributed by atoms with van der Waals surface area (Å²) in [7, 11) is 1.60. The molecule has 0 spiro atoms. The zero-order valence-corrected chi connectivity index (χ0v) is 11.8. The highest BCUT2D eigenvalue weighted by atomic mass is 79.9. The molecule has 1 N–H and O–H groups in total. The molecule has 1 aromatic rings. The molecule has 94 valence electrons. The van der Waals surface area contributed by atoms with Crippen molar-refractivity contribution in [2.24, 2.45) is 0 Å². The molecule has 0 aromatic carbocycles. The third kappa shape index (κ3) is 3.39. The van der Waals surface area contributed by atoms with Gasteiger partial charge in [0.15, 0.2) is 0 Å². The van der Waals surface area contributed by atoms with Crippen LogP contribution in [-0.2, 0) is 11.3 Å². The van der Waals surface area contributed by atoms with E-state index in [1.165, 1.54) is 0 Å². The highest BCUT2D eigenvalue weighted by Crippen LogP contribution is 2.16. The largest absolute Gasteiger partial charge is 0.359 e. The van der Waals surface area contributed by atoms with E-state index in [0.717, 1.165) is 10.2 Å². The number of nitrogens with zero attached hydrogens (tertiary/aromatic N) is 2. The van der Waals surface area contributed by atoms with Crippen LogP contribution in [0, 0.1) is 13.8 Å². The van der Waals surface area contributed by atoms with Crippen molar-refractivity contribution in [1.82, 2.24) is 14.9 Å². The van der Waals surface area contributed by atoms with Crippen LogP contribution in [0.5, 0.6) is 0 Å². The molecule has 17 heavy (non-hydrogen) atoms. The van der Waals surface area contributed by atoms with E-state index in [-0.39, 0.29) is 11.6 Å². The molecule has 0 saturated heterocycles. The van der Waals surface area contributed by atoms with Gasteiger partial charge in [-0.15, -0.1) is 0 Å². The second-order valence-corrected chi connectivity index (χ2v) is 4.60. The van der Waals surface area contributed by atoms with E-state index in [0.29, 0.717) is 25.1 Å². The van der Waals surface area contributed by atoms with E-state index in [1.54, 1.807) is 18.5 Å². The molecule has 0 fully saturated rings. The van der Waals surface area contributed by atoms with Gasteiger partial charge in [0.1, 0.15) is 0 Å². The van der Waals surface area contributed by atoms with Gasteiger partial charge in [0.25, 0.3) is 0 Å². The molecule has 5 nitrogen and oxygen atoms in total. The predicted octanol–water partition coefficient (Wildman–Crippen LogP) is 1.15. The van der Waals surface area contributed by atoms with Crippen molar-refractivity contribution in [1.29, 1.82) is 0 Å². The van der Waals surface area contributed by atoms with Gasteiger partial charge in [0, 0.05) is 25.7 Å². The van der Waals surface area contributed by atoms with Gasteiger partial charge >= 0.3 is 5.69 Å². The van der Waals surface area contributed by atoms with E-state index in [4.69, 9.17) is 0 Å². The van der Waals surface area contributed by atoms with Crippen LogP contribution >= 0.6 is 15.9 Å². The average Bonchev–Trinajstić information content (AvgIpc) is 2.30. The van der Waals surface area contributed by atoms with Gasteiger partial charge in [-0.3, -0.25) is 9.36 Å². The van der Waals surface area contributed by atoms with E-state index < -0.39 is 0 Å². The van der Waals surface area contributed by atoms with Crippen molar-refractivity contribution >= 4 is 21.8 Å². The van der Waals surface area contributed by atoms with E-state index in [9.17, 15) is 9.59 Å². The Morgan fingerprint density at radius 2 is 2.12 bits per heavy atom. The molecule has 0 aliphatic heterocycles. The molecule has 0 aliphatic carbocycles. The highest BCUT2D eigenvalue weighted by Gasteiger charge is 2.09. The Kier molecular flexibility index (Phi) is 4.86. The first kappa shape index (κ1) is 13.9. The molecular formula is C11H16BrN3O2. The molecule has 0 saturated carbocycles. The lowest BCUT2D eigenvalue weighted by atomic mass is 10.2. The van der Waals surface area contributed by atoms with Gasteiger partial charge in [-0.05, 0) is 36.2 Å². The fourth-order valence-corrected chi connectivity index (χ4v) is 1.87. The fraction of sp³-hybridized carbons (Fsp3) is 0.545. The Bertz CT molecular complexity index is 482. The lowest BCUT2D eigenvalue weighted by Crippen LogP contribution is -2.27. The Labute approximate surface area is 108 Å². The Morgan fingerprint density at radius 3 is 2.71 bits per heavy atom. The van der Waals surface area contributed by atoms with E-state index >= 15 is 0 Å². The summed E-state index contributed by atoms with van der Waals surface area (Å²) in [5.74, 6) is -0.0187. The van der Waals surface area contributed by atoms with Gasteiger partial charge in [-0.1, -0.05) is 0 Å². The predicted molar refractivity (Wildman–Crippen MR) is 69.0 cm³/mol. The van der Waals surface area contributed by atoms with Crippen LogP contribution in [-0.4, -0.2) is 22.5 Å². The zero-order valence-electron chi connectivity index (χ0n) is 10.2. The molecule has 1 heterocycles. The van der Waals surface area contributed by atoms with Crippen LogP contribution in [0.15, 0.2) is 9.27 Å². The van der Waals surface area contributed by atoms with Crippen LogP contribution in [0.1, 0.15) is 24.2 Å². The number of aromatic nitrogens is 2. The molecule has 1 rings (SSSR count). The van der Waals surface area contributed by atoms with Gasteiger partial charge in [0.2, 0.25) is 5.91 Å². The summed E-state index contributed by atoms with van der Waals surface area (Å²) in [5.41, 5.74) is 1.27. The van der Waals surface area contributed by atoms with Crippen LogP contribution in [0.25, 0.3) is 0 Å². The molecule has 0 aliphatic rings. The van der Waals surface area contributed by atoms with Crippen LogP contribution in [0.2, 0.25) is 0 Å². The maximum Gasteiger partial charge on any atom is 0.348 e. The normalized spacial score (nSPS) is 10.4. The van der Waals surface area contributed by atoms with Crippen molar-refractivity contribution in [2.75, 3.05) is 7.05 Å². The first-order valence-corrected chi connectivity index (χ1v) is 6.20. The van der Waals surface area contributed by atoms with E-state index in [1.807, 2.05) is 6.92 Å². The number of hydrogen-bond acceptors (Lipinski definition) is 3. The molecule has 6 heteroatoms. The van der Waals surface area contributed by atoms with Crippen molar-refractivity contribution in [3.05, 3.63) is 26.3 Å². The second kappa shape index (κ2) is 5.95. The minimum Gasteiger partial charge on any atom is -0.359 e. The average molecular weight is 302 g/mol. The summed E-state index contributed by atoms with van der Waals surface area (Å²) in [5, 5.41) is 2.55. The zero-order chi connectivity index (χ0) is 13.0. The number of hydrogen-bond donors (Lipinski definition) is 1. The van der Waals surface area contributed by atoms with Crippen molar-refractivity contribution < 1.29 is 4.79 Å². The standard InChI is InChI=1S/C11H16BrN3O2/c1-7-10(12)8(2)15(11(17)14-7)6-4-5-9(16)13-3/h4-6H2,1-3H3,(H,13,16). The summed E-state index contributed by atoms with van der Waals surface area (Å²) in [6.07, 6.45) is 1.03. The summed E-state index contributed by atoms with van der Waals surface area (Å²) < 4.78 is 2.43. The Morgan fingerprint density at radius 1 is 1.47 bits per heavy atom. The summed E-state index contributed by atoms with van der Waals surface area (Å²) >= 11 is 3.40. The highest BCUT2D eigenvalue weighted by molar-refractivity contribution is 9.10. The molecule has 1 aromatic heterocycles. The van der Waals surface area contributed by atoms with Crippen molar-refractivity contribution in [3.8, 4) is 0 Å². The van der Waals surface area contributed by atoms with Gasteiger partial charge in [-0.25, -0.2) is 4.79 Å². The summed E-state index contributed by atoms with van der Waals surface area (Å²) in [6, 6.07) is 0. The lowest BCUT2D eigenvalue weighted by Gasteiger charge is -2.11. The first-order valence-electron chi connectivity index (χ1n) is 5.41. The number of aryl methyl sites for hydroxylation is 1. The number of amides is 1. The minimum atomic E-state index is -0.264. The molecule has 1 amide bonds. The lowest BCUT2D eigenvalue weighted by molar-refractivity contribution is -0.120. The van der Waals surface area contributed by atoms with Gasteiger partial charge in [-0.2, -0.15) is 4.98 Å². The Balaban J connectivity index is 2.82. The third-order valence-corrected chi connectivity index (χ3v) is 3.75. The first-order chi connectivity index (χ1) is 7.97. The SMILES string of the molecule is CNC(=O)CCCn1c(C)c(Br)c(C)nc1=O. The minimum absolute atomic E-state index is 0.0187. The smallest absolute Gasteiger partial charge is 0.348 e. The topological polar surface area (TPSA) is 64.0 Å². The van der Waals surface area contributed by atoms with Gasteiger partial charge < -0.3 is 5.32 Å². The summed E-state index contributed by atoms with van der Waals surface area (Å²) in [4.78, 5) is 26.7. The van der Waals surface area contributed by atoms with Crippen LogP contribution in [0.3, 0.4) is 0 Å². The quantitative estimate of drug-likeness (QED) is 0.907. The van der Waals surface area contributed by atoms with Crippen LogP contribution in [0.4, 0.5) is 0 Å². The summed E-state index contributed by atoms with van der Waals surface area (Å²) in [6.45, 7) is 4.15. The maximum absolute atomic E-state index is 11.7. The number of halogens is 1. The molecule has 0 bridgehead atoms. The van der Waals surface area contributed by atoms with Crippen molar-refractivity contribution in [3.63, 3.8) is 0 Å². The Hall–Kier alpha value is -1.17. The monoisotopic (exact) mass is 301 g/mol. The number of carbonyl (C=O) groups excluding carboxylic acids is 1. The van der Waals surface area contributed by atoms with Crippen molar-refractivity contribution in [2.45, 2.75) is 33.2 Å². The van der Waals surface area contributed by atoms with E-state index in [2.05, 4.69) is 26.2 Å². The number of nitrogens with one attached hydrogen (secondary N) is 1.